The Morgan fingerprint density at radius 1 is 0.655 bits per heavy atom. The molecule has 11 N–H and O–H groups in total. The van der Waals surface area contributed by atoms with Crippen molar-refractivity contribution in [3.05, 3.63) is 145 Å². The highest BCUT2D eigenvalue weighted by Gasteiger charge is 2.58. The molecular formula is C63H84FNO19. The van der Waals surface area contributed by atoms with Gasteiger partial charge in [-0.1, -0.05) is 147 Å². The number of alkyl carbamates (subject to hydrolysis) is 1. The molecule has 462 valence electrons. The molecule has 1 aliphatic carbocycles. The highest BCUT2D eigenvalue weighted by atomic mass is 19.2. The van der Waals surface area contributed by atoms with E-state index in [0.29, 0.717) is 0 Å². The molecular weight excluding hydrogens is 1090 g/mol. The predicted octanol–water partition coefficient (Wildman–Crippen LogP) is 4.33. The number of carbonyl (C=O) groups is 3. The summed E-state index contributed by atoms with van der Waals surface area (Å²) in [5.41, 5.74) is 3.93. The zero-order chi connectivity index (χ0) is 61.3. The van der Waals surface area contributed by atoms with Gasteiger partial charge in [0.1, 0.15) is 43.0 Å². The van der Waals surface area contributed by atoms with Crippen molar-refractivity contribution in [3.63, 3.8) is 0 Å². The number of aliphatic hydroxyl groups excluding tert-OH is 10. The van der Waals surface area contributed by atoms with Crippen molar-refractivity contribution < 1.29 is 98.3 Å². The van der Waals surface area contributed by atoms with Crippen molar-refractivity contribution in [1.29, 1.82) is 0 Å². The fraction of sp³-hybridized carbons (Fsp3) is 0.540. The van der Waals surface area contributed by atoms with Gasteiger partial charge in [-0.15, -0.1) is 0 Å². The Balaban J connectivity index is 1.22. The first-order valence-electron chi connectivity index (χ1n) is 28.6. The van der Waals surface area contributed by atoms with E-state index in [1.807, 2.05) is 61.5 Å². The number of carbonyl (C=O) groups excluding carboxylic acids is 3. The summed E-state index contributed by atoms with van der Waals surface area (Å²) in [7, 11) is 0.997. The summed E-state index contributed by atoms with van der Waals surface area (Å²) < 4.78 is 51.4. The van der Waals surface area contributed by atoms with Crippen LogP contribution in [0.2, 0.25) is 0 Å². The van der Waals surface area contributed by atoms with Crippen LogP contribution in [-0.2, 0) is 38.0 Å². The molecule has 0 saturated carbocycles. The van der Waals surface area contributed by atoms with Gasteiger partial charge >= 0.3 is 18.0 Å². The van der Waals surface area contributed by atoms with Crippen molar-refractivity contribution in [2.24, 2.45) is 17.8 Å². The Morgan fingerprint density at radius 3 is 1.82 bits per heavy atom. The topological polar surface area (TPSA) is 321 Å². The molecule has 20 nitrogen and oxygen atoms in total. The third-order valence-electron chi connectivity index (χ3n) is 15.9. The Morgan fingerprint density at radius 2 is 1.23 bits per heavy atom. The number of rotatable bonds is 6. The number of methoxy groups -OCH3 is 1. The second kappa shape index (κ2) is 32.1. The monoisotopic (exact) mass is 1180 g/mol. The van der Waals surface area contributed by atoms with Gasteiger partial charge in [0.25, 0.3) is 0 Å². The summed E-state index contributed by atoms with van der Waals surface area (Å²) in [6, 6.07) is 14.1. The summed E-state index contributed by atoms with van der Waals surface area (Å²) in [6.07, 6.45) is -3.87. The van der Waals surface area contributed by atoms with Gasteiger partial charge < -0.3 is 84.8 Å². The molecule has 2 bridgehead atoms. The van der Waals surface area contributed by atoms with E-state index in [9.17, 15) is 65.4 Å². The summed E-state index contributed by atoms with van der Waals surface area (Å²) >= 11 is 0. The number of aliphatic hydroxyl groups is 10. The molecule has 0 aromatic heterocycles. The number of ether oxygens (including phenoxy) is 6. The third kappa shape index (κ3) is 18.4. The van der Waals surface area contributed by atoms with E-state index in [1.54, 1.807) is 80.7 Å². The van der Waals surface area contributed by atoms with Crippen molar-refractivity contribution in [2.45, 2.75) is 182 Å². The van der Waals surface area contributed by atoms with E-state index < -0.39 is 159 Å². The standard InChI is InChI=1S/C63H84FNO19/c1-36-22-16-14-12-10-8-6-7-9-11-13-15-17-23-43(83-61-58(75)54(56(73)39(4)82-61)65-62(78)80-35-48-46-26-20-18-24-44(46)45-25-19-21-27-47(45)48)33-51-53(60(77)79-5)57(74)59(76)63(64,84-51)34-42(68)31-50(70)49(69)29-28-40(66)30-41(67)32-52(71)81-38(3)37(2)55(36)72/h6-27,36-43,48-51,53-59,61,66-70,72-76H,28-35H2,1-5H3,(H,65,78)/b7-6+,10-8+,11-9+,14-12+,15-13+,22-16+,23-17+. The highest BCUT2D eigenvalue weighted by Crippen LogP contribution is 2.45. The van der Waals surface area contributed by atoms with Crippen LogP contribution in [-0.4, -0.2) is 186 Å². The molecule has 4 aliphatic rings. The number of amides is 1. The van der Waals surface area contributed by atoms with E-state index in [4.69, 9.17) is 28.4 Å². The lowest BCUT2D eigenvalue weighted by Crippen LogP contribution is -2.64. The molecule has 3 aliphatic heterocycles. The molecule has 21 heteroatoms. The van der Waals surface area contributed by atoms with Crippen LogP contribution in [0.1, 0.15) is 89.7 Å². The zero-order valence-electron chi connectivity index (χ0n) is 47.9. The number of cyclic esters (lactones) is 1. The minimum absolute atomic E-state index is 0.0750. The van der Waals surface area contributed by atoms with E-state index in [0.717, 1.165) is 29.4 Å². The van der Waals surface area contributed by atoms with Crippen LogP contribution in [0.4, 0.5) is 9.18 Å². The van der Waals surface area contributed by atoms with E-state index in [-0.39, 0.29) is 37.7 Å². The molecule has 2 fully saturated rings. The number of nitrogens with one attached hydrogen (secondary N) is 1. The summed E-state index contributed by atoms with van der Waals surface area (Å²) in [5, 5.41) is 113. The summed E-state index contributed by atoms with van der Waals surface area (Å²) in [4.78, 5) is 39.6. The number of alkyl halides is 1. The van der Waals surface area contributed by atoms with Gasteiger partial charge in [0.05, 0.1) is 74.5 Å². The molecule has 6 rings (SSSR count). The third-order valence-corrected chi connectivity index (χ3v) is 15.9. The van der Waals surface area contributed by atoms with Crippen LogP contribution in [0, 0.1) is 17.8 Å². The average molecular weight is 1180 g/mol. The first-order valence-corrected chi connectivity index (χ1v) is 28.6. The van der Waals surface area contributed by atoms with Gasteiger partial charge in [0.15, 0.2) is 6.29 Å². The maximum atomic E-state index is 17.2. The maximum absolute atomic E-state index is 17.2. The Hall–Kier alpha value is -5.76. The number of hydrogen-bond donors (Lipinski definition) is 11. The quantitative estimate of drug-likeness (QED) is 0.142. The SMILES string of the molecule is COC(=O)C1C2CC(OC3OC(C)C(O)C(NC(=O)OCC4c5ccccc5-c5ccccc54)C3O)/C=C/C=C/C=C/C=C/C=C/C=C/C=C/C(C)C(O)C(C)C(C)OC(=O)CC(O)CC(O)CCC(O)C(O)CC(O)CC(F)(O2)C(O)C1O. The van der Waals surface area contributed by atoms with Crippen LogP contribution < -0.4 is 5.32 Å². The molecule has 0 spiro atoms. The first-order chi connectivity index (χ1) is 40.0. The molecule has 2 aromatic rings. The van der Waals surface area contributed by atoms with E-state index >= 15 is 4.39 Å². The molecule has 0 radical (unpaired) electrons. The molecule has 20 unspecified atom stereocenters. The molecule has 1 amide bonds. The van der Waals surface area contributed by atoms with Crippen molar-refractivity contribution in [3.8, 4) is 11.1 Å². The average Bonchev–Trinajstić information content (AvgIpc) is 1.74. The maximum Gasteiger partial charge on any atom is 0.407 e. The number of allylic oxidation sites excluding steroid dienone is 12. The first kappa shape index (κ1) is 67.4. The van der Waals surface area contributed by atoms with Crippen LogP contribution >= 0.6 is 0 Å². The van der Waals surface area contributed by atoms with Gasteiger partial charge in [0, 0.05) is 37.0 Å². The number of benzene rings is 2. The van der Waals surface area contributed by atoms with Gasteiger partial charge in [-0.3, -0.25) is 9.59 Å². The zero-order valence-corrected chi connectivity index (χ0v) is 47.9. The fourth-order valence-electron chi connectivity index (χ4n) is 10.9. The molecule has 3 heterocycles. The number of hydrogen-bond acceptors (Lipinski definition) is 19. The second-order valence-corrected chi connectivity index (χ2v) is 22.2. The number of fused-ring (bicyclic) bond motifs is 5. The Labute approximate surface area is 489 Å². The Kier molecular flexibility index (Phi) is 25.8. The van der Waals surface area contributed by atoms with Crippen molar-refractivity contribution in [2.75, 3.05) is 13.7 Å². The smallest absolute Gasteiger partial charge is 0.407 e. The number of esters is 2. The fourth-order valence-corrected chi connectivity index (χ4v) is 10.9. The van der Waals surface area contributed by atoms with Crippen molar-refractivity contribution in [1.82, 2.24) is 5.32 Å². The highest BCUT2D eigenvalue weighted by molar-refractivity contribution is 5.79. The molecule has 2 saturated heterocycles. The van der Waals surface area contributed by atoms with Crippen LogP contribution in [0.3, 0.4) is 0 Å². The molecule has 2 aromatic carbocycles. The van der Waals surface area contributed by atoms with Gasteiger partial charge in [0.2, 0.25) is 5.85 Å². The normalized spacial score (nSPS) is 39.1. The number of halogens is 1. The van der Waals surface area contributed by atoms with Gasteiger partial charge in [-0.05, 0) is 55.4 Å². The summed E-state index contributed by atoms with van der Waals surface area (Å²) in [6.45, 7) is 6.57. The lowest BCUT2D eigenvalue weighted by atomic mass is 9.81. The Bertz CT molecular complexity index is 2610. The van der Waals surface area contributed by atoms with E-state index in [2.05, 4.69) is 5.32 Å². The lowest BCUT2D eigenvalue weighted by Gasteiger charge is -2.47. The van der Waals surface area contributed by atoms with Crippen LogP contribution in [0.15, 0.2) is 134 Å². The predicted molar refractivity (Wildman–Crippen MR) is 306 cm³/mol. The lowest BCUT2D eigenvalue weighted by molar-refractivity contribution is -0.319. The van der Waals surface area contributed by atoms with Gasteiger partial charge in [-0.2, -0.15) is 0 Å². The van der Waals surface area contributed by atoms with Gasteiger partial charge in [-0.25, -0.2) is 9.18 Å². The molecule has 20 atom stereocenters. The van der Waals surface area contributed by atoms with Crippen LogP contribution in [0.25, 0.3) is 11.1 Å². The van der Waals surface area contributed by atoms with Crippen LogP contribution in [0.5, 0.6) is 0 Å². The minimum Gasteiger partial charge on any atom is -0.469 e. The largest absolute Gasteiger partial charge is 0.469 e. The van der Waals surface area contributed by atoms with Crippen molar-refractivity contribution >= 4 is 18.0 Å². The molecule has 84 heavy (non-hydrogen) atoms. The summed E-state index contributed by atoms with van der Waals surface area (Å²) in [5.74, 6) is -8.10. The minimum atomic E-state index is -3.33. The second-order valence-electron chi connectivity index (χ2n) is 22.2. The van der Waals surface area contributed by atoms with E-state index in [1.165, 1.54) is 19.1 Å².